The van der Waals surface area contributed by atoms with Crippen LogP contribution in [0.2, 0.25) is 0 Å². The van der Waals surface area contributed by atoms with E-state index in [4.69, 9.17) is 4.74 Å². The first kappa shape index (κ1) is 20.4. The molecule has 0 atom stereocenters. The molecule has 2 rings (SSSR count). The number of anilines is 1. The lowest BCUT2D eigenvalue weighted by atomic mass is 10.2. The van der Waals surface area contributed by atoms with Crippen molar-refractivity contribution in [1.29, 1.82) is 0 Å². The molecule has 27 heavy (non-hydrogen) atoms. The Morgan fingerprint density at radius 3 is 2.30 bits per heavy atom. The van der Waals surface area contributed by atoms with Gasteiger partial charge in [-0.1, -0.05) is 0 Å². The number of carbonyl (C=O) groups is 2. The van der Waals surface area contributed by atoms with E-state index >= 15 is 0 Å². The van der Waals surface area contributed by atoms with E-state index in [1.165, 1.54) is 17.9 Å². The number of ether oxygens (including phenoxy) is 1. The van der Waals surface area contributed by atoms with E-state index in [0.717, 1.165) is 12.1 Å². The summed E-state index contributed by atoms with van der Waals surface area (Å²) in [6.07, 6.45) is 0.0475. The molecular formula is C20H22F2N2O3. The highest BCUT2D eigenvalue weighted by molar-refractivity contribution is 5.94. The number of nitrogens with one attached hydrogen (secondary N) is 1. The van der Waals surface area contributed by atoms with Gasteiger partial charge >= 0.3 is 0 Å². The summed E-state index contributed by atoms with van der Waals surface area (Å²) >= 11 is 0. The lowest BCUT2D eigenvalue weighted by Crippen LogP contribution is -2.37. The highest BCUT2D eigenvalue weighted by Crippen LogP contribution is 2.20. The maximum absolute atomic E-state index is 13.2. The largest absolute Gasteiger partial charge is 0.491 e. The summed E-state index contributed by atoms with van der Waals surface area (Å²) in [6.45, 7) is 5.66. The number of rotatable bonds is 7. The van der Waals surface area contributed by atoms with Crippen LogP contribution in [0.3, 0.4) is 0 Å². The summed E-state index contributed by atoms with van der Waals surface area (Å²) in [6, 6.07) is 9.99. The number of amides is 2. The lowest BCUT2D eigenvalue weighted by molar-refractivity contribution is -0.116. The molecule has 0 saturated heterocycles. The van der Waals surface area contributed by atoms with E-state index in [1.54, 1.807) is 24.3 Å². The minimum Gasteiger partial charge on any atom is -0.491 e. The third-order valence-electron chi connectivity index (χ3n) is 3.70. The van der Waals surface area contributed by atoms with E-state index < -0.39 is 17.5 Å². The molecular weight excluding hydrogens is 354 g/mol. The molecule has 2 aromatic carbocycles. The molecule has 0 heterocycles. The Morgan fingerprint density at radius 2 is 1.74 bits per heavy atom. The van der Waals surface area contributed by atoms with Crippen molar-refractivity contribution in [3.63, 3.8) is 0 Å². The predicted octanol–water partition coefficient (Wildman–Crippen LogP) is 3.53. The second-order valence-corrected chi connectivity index (χ2v) is 6.22. The quantitative estimate of drug-likeness (QED) is 0.804. The monoisotopic (exact) mass is 376 g/mol. The molecule has 0 aliphatic carbocycles. The zero-order valence-corrected chi connectivity index (χ0v) is 15.5. The van der Waals surface area contributed by atoms with Crippen LogP contribution in [0.5, 0.6) is 5.75 Å². The van der Waals surface area contributed by atoms with Gasteiger partial charge in [-0.15, -0.1) is 0 Å². The zero-order valence-electron chi connectivity index (χ0n) is 15.5. The van der Waals surface area contributed by atoms with Crippen LogP contribution in [0.15, 0.2) is 42.5 Å². The molecule has 144 valence electrons. The molecule has 0 saturated carbocycles. The molecule has 0 aliphatic rings. The second-order valence-electron chi connectivity index (χ2n) is 6.22. The third kappa shape index (κ3) is 5.77. The standard InChI is InChI=1S/C20H22F2N2O3/c1-13(2)27-17-7-5-16(6-8-17)24(14(3)25)11-10-23-20(26)15-4-9-18(21)19(22)12-15/h4-9,12-13H,10-11H2,1-3H3,(H,23,26). The van der Waals surface area contributed by atoms with Gasteiger partial charge in [-0.05, 0) is 56.3 Å². The molecule has 0 fully saturated rings. The molecule has 2 aromatic rings. The van der Waals surface area contributed by atoms with Crippen molar-refractivity contribution in [3.8, 4) is 5.75 Å². The van der Waals surface area contributed by atoms with Crippen LogP contribution in [-0.2, 0) is 4.79 Å². The number of hydrogen-bond acceptors (Lipinski definition) is 3. The average molecular weight is 376 g/mol. The van der Waals surface area contributed by atoms with Gasteiger partial charge in [0.05, 0.1) is 6.10 Å². The van der Waals surface area contributed by atoms with E-state index in [0.29, 0.717) is 11.4 Å². The zero-order chi connectivity index (χ0) is 20.0. The maximum Gasteiger partial charge on any atom is 0.251 e. The van der Waals surface area contributed by atoms with Crippen molar-refractivity contribution in [2.24, 2.45) is 0 Å². The number of nitrogens with zero attached hydrogens (tertiary/aromatic N) is 1. The Hall–Kier alpha value is -2.96. The molecule has 7 heteroatoms. The number of halogens is 2. The molecule has 0 spiro atoms. The second kappa shape index (κ2) is 9.12. The fourth-order valence-corrected chi connectivity index (χ4v) is 2.47. The fourth-order valence-electron chi connectivity index (χ4n) is 2.47. The van der Waals surface area contributed by atoms with Crippen molar-refractivity contribution in [3.05, 3.63) is 59.7 Å². The van der Waals surface area contributed by atoms with Crippen molar-refractivity contribution in [2.75, 3.05) is 18.0 Å². The van der Waals surface area contributed by atoms with E-state index in [2.05, 4.69) is 5.32 Å². The van der Waals surface area contributed by atoms with E-state index in [9.17, 15) is 18.4 Å². The smallest absolute Gasteiger partial charge is 0.251 e. The lowest BCUT2D eigenvalue weighted by Gasteiger charge is -2.22. The first-order valence-corrected chi connectivity index (χ1v) is 8.56. The van der Waals surface area contributed by atoms with Crippen molar-refractivity contribution < 1.29 is 23.1 Å². The summed E-state index contributed by atoms with van der Waals surface area (Å²) in [7, 11) is 0. The summed E-state index contributed by atoms with van der Waals surface area (Å²) in [5.41, 5.74) is 0.680. The minimum absolute atomic E-state index is 0.0125. The topological polar surface area (TPSA) is 58.6 Å². The summed E-state index contributed by atoms with van der Waals surface area (Å²) in [5, 5.41) is 2.59. The van der Waals surface area contributed by atoms with Crippen molar-refractivity contribution in [1.82, 2.24) is 5.32 Å². The van der Waals surface area contributed by atoms with Crippen LogP contribution in [0, 0.1) is 11.6 Å². The normalized spacial score (nSPS) is 10.6. The number of hydrogen-bond donors (Lipinski definition) is 1. The molecule has 0 unspecified atom stereocenters. The van der Waals surface area contributed by atoms with Crippen LogP contribution < -0.4 is 15.0 Å². The Morgan fingerprint density at radius 1 is 1.07 bits per heavy atom. The highest BCUT2D eigenvalue weighted by atomic mass is 19.2. The molecule has 5 nitrogen and oxygen atoms in total. The summed E-state index contributed by atoms with van der Waals surface area (Å²) in [5.74, 6) is -2.13. The van der Waals surface area contributed by atoms with Gasteiger partial charge in [0.2, 0.25) is 5.91 Å². The van der Waals surface area contributed by atoms with Gasteiger partial charge in [-0.3, -0.25) is 9.59 Å². The van der Waals surface area contributed by atoms with Crippen LogP contribution in [0.1, 0.15) is 31.1 Å². The Bertz CT molecular complexity index is 807. The Labute approximate surface area is 156 Å². The third-order valence-corrected chi connectivity index (χ3v) is 3.70. The summed E-state index contributed by atoms with van der Waals surface area (Å²) < 4.78 is 31.7. The van der Waals surface area contributed by atoms with Gasteiger partial charge in [-0.25, -0.2) is 8.78 Å². The van der Waals surface area contributed by atoms with Crippen molar-refractivity contribution in [2.45, 2.75) is 26.9 Å². The summed E-state index contributed by atoms with van der Waals surface area (Å²) in [4.78, 5) is 25.5. The highest BCUT2D eigenvalue weighted by Gasteiger charge is 2.14. The molecule has 1 N–H and O–H groups in total. The average Bonchev–Trinajstić information content (AvgIpc) is 2.61. The molecule has 0 aromatic heterocycles. The van der Waals surface area contributed by atoms with Gasteiger partial charge in [0.1, 0.15) is 5.75 Å². The number of benzene rings is 2. The molecule has 0 radical (unpaired) electrons. The van der Waals surface area contributed by atoms with Gasteiger partial charge in [0.25, 0.3) is 5.91 Å². The van der Waals surface area contributed by atoms with Crippen molar-refractivity contribution >= 4 is 17.5 Å². The van der Waals surface area contributed by atoms with E-state index in [-0.39, 0.29) is 30.7 Å². The SMILES string of the molecule is CC(=O)N(CCNC(=O)c1ccc(F)c(F)c1)c1ccc(OC(C)C)cc1. The minimum atomic E-state index is -1.09. The van der Waals surface area contributed by atoms with Crippen LogP contribution in [-0.4, -0.2) is 31.0 Å². The Kier molecular flexibility index (Phi) is 6.87. The molecule has 0 aliphatic heterocycles. The molecule has 0 bridgehead atoms. The van der Waals surface area contributed by atoms with E-state index in [1.807, 2.05) is 13.8 Å². The van der Waals surface area contributed by atoms with Crippen LogP contribution in [0.25, 0.3) is 0 Å². The fraction of sp³-hybridized carbons (Fsp3) is 0.300. The number of carbonyl (C=O) groups excluding carboxylic acids is 2. The van der Waals surface area contributed by atoms with Gasteiger partial charge in [0.15, 0.2) is 11.6 Å². The Balaban J connectivity index is 1.97. The first-order valence-electron chi connectivity index (χ1n) is 8.56. The predicted molar refractivity (Wildman–Crippen MR) is 98.9 cm³/mol. The van der Waals surface area contributed by atoms with Gasteiger partial charge in [-0.2, -0.15) is 0 Å². The first-order chi connectivity index (χ1) is 12.8. The van der Waals surface area contributed by atoms with Gasteiger partial charge in [0, 0.05) is 31.3 Å². The van der Waals surface area contributed by atoms with Crippen LogP contribution >= 0.6 is 0 Å². The maximum atomic E-state index is 13.2. The molecule has 2 amide bonds. The van der Waals surface area contributed by atoms with Gasteiger partial charge < -0.3 is 15.0 Å². The van der Waals surface area contributed by atoms with Crippen LogP contribution in [0.4, 0.5) is 14.5 Å².